The first-order valence-corrected chi connectivity index (χ1v) is 7.18. The highest BCUT2D eigenvalue weighted by Gasteiger charge is 2.14. The Labute approximate surface area is 121 Å². The van der Waals surface area contributed by atoms with Crippen molar-refractivity contribution in [3.8, 4) is 11.9 Å². The summed E-state index contributed by atoms with van der Waals surface area (Å²) in [5.41, 5.74) is 2.62. The van der Waals surface area contributed by atoms with Crippen molar-refractivity contribution >= 4 is 16.0 Å². The Kier molecular flexibility index (Phi) is 4.32. The number of ether oxygens (including phenoxy) is 1. The molecule has 0 aliphatic heterocycles. The molecule has 0 aliphatic rings. The molecule has 108 valence electrons. The minimum atomic E-state index is -3.84. The number of benzene rings is 1. The molecule has 0 bridgehead atoms. The summed E-state index contributed by atoms with van der Waals surface area (Å²) in [7, 11) is -2.41. The molecule has 2 rings (SSSR count). The number of hydrazine groups is 1. The second-order valence-electron chi connectivity index (χ2n) is 3.79. The van der Waals surface area contributed by atoms with E-state index in [0.717, 1.165) is 0 Å². The van der Waals surface area contributed by atoms with Crippen molar-refractivity contribution in [3.05, 3.63) is 42.1 Å². The minimum absolute atomic E-state index is 0.0364. The maximum absolute atomic E-state index is 12.1. The molecule has 2 N–H and O–H groups in total. The van der Waals surface area contributed by atoms with Gasteiger partial charge in [0.05, 0.1) is 23.6 Å². The molecule has 1 aromatic heterocycles. The van der Waals surface area contributed by atoms with E-state index in [-0.39, 0.29) is 22.3 Å². The molecular formula is C12H11N5O3S. The Morgan fingerprint density at radius 3 is 2.86 bits per heavy atom. The first kappa shape index (κ1) is 14.7. The zero-order valence-corrected chi connectivity index (χ0v) is 11.8. The third-order valence-electron chi connectivity index (χ3n) is 2.41. The summed E-state index contributed by atoms with van der Waals surface area (Å²) in [5.74, 6) is 0.326. The Balaban J connectivity index is 2.16. The first-order valence-electron chi connectivity index (χ1n) is 5.70. The smallest absolute Gasteiger partial charge is 0.257 e. The average molecular weight is 305 g/mol. The number of nitrogens with one attached hydrogen (secondary N) is 2. The van der Waals surface area contributed by atoms with Crippen LogP contribution >= 0.6 is 0 Å². The molecule has 0 unspecified atom stereocenters. The van der Waals surface area contributed by atoms with Crippen molar-refractivity contribution in [2.45, 2.75) is 4.90 Å². The number of hydrogen-bond donors (Lipinski definition) is 2. The topological polar surface area (TPSA) is 117 Å². The summed E-state index contributed by atoms with van der Waals surface area (Å²) >= 11 is 0. The predicted molar refractivity (Wildman–Crippen MR) is 73.7 cm³/mol. The third-order valence-corrected chi connectivity index (χ3v) is 3.66. The lowest BCUT2D eigenvalue weighted by atomic mass is 10.2. The Morgan fingerprint density at radius 2 is 2.14 bits per heavy atom. The summed E-state index contributed by atoms with van der Waals surface area (Å²) in [4.78, 5) is 9.82. The van der Waals surface area contributed by atoms with Gasteiger partial charge in [-0.05, 0) is 18.2 Å². The first-order chi connectivity index (χ1) is 10.0. The molecule has 9 heteroatoms. The van der Waals surface area contributed by atoms with Gasteiger partial charge in [0.1, 0.15) is 0 Å². The molecule has 0 spiro atoms. The van der Waals surface area contributed by atoms with Gasteiger partial charge in [0, 0.05) is 12.3 Å². The normalized spacial score (nSPS) is 10.7. The number of rotatable bonds is 5. The van der Waals surface area contributed by atoms with Gasteiger partial charge in [-0.15, -0.1) is 4.83 Å². The van der Waals surface area contributed by atoms with E-state index in [9.17, 15) is 8.42 Å². The fourth-order valence-electron chi connectivity index (χ4n) is 1.42. The zero-order valence-electron chi connectivity index (χ0n) is 10.9. The number of anilines is 1. The standard InChI is InChI=1S/C12H11N5O3S/c1-20-11-5-6-14-12(15-11)16-17-21(18,19)10-4-2-3-9(7-10)8-13/h2-7,17H,1H3,(H,14,15,16). The van der Waals surface area contributed by atoms with Crippen LogP contribution in [0, 0.1) is 11.3 Å². The largest absolute Gasteiger partial charge is 0.481 e. The molecule has 1 aromatic carbocycles. The maximum atomic E-state index is 12.1. The lowest BCUT2D eigenvalue weighted by molar-refractivity contribution is 0.397. The SMILES string of the molecule is COc1ccnc(NNS(=O)(=O)c2cccc(C#N)c2)n1. The van der Waals surface area contributed by atoms with Crippen LogP contribution in [0.2, 0.25) is 0 Å². The highest BCUT2D eigenvalue weighted by Crippen LogP contribution is 2.11. The van der Waals surface area contributed by atoms with E-state index < -0.39 is 10.0 Å². The lowest BCUT2D eigenvalue weighted by Gasteiger charge is -2.08. The quantitative estimate of drug-likeness (QED) is 0.779. The predicted octanol–water partition coefficient (Wildman–Crippen LogP) is 0.662. The van der Waals surface area contributed by atoms with Crippen LogP contribution in [0.15, 0.2) is 41.4 Å². The molecule has 2 aromatic rings. The van der Waals surface area contributed by atoms with Gasteiger partial charge in [-0.2, -0.15) is 10.2 Å². The van der Waals surface area contributed by atoms with Gasteiger partial charge in [0.2, 0.25) is 11.8 Å². The van der Waals surface area contributed by atoms with E-state index in [4.69, 9.17) is 10.00 Å². The van der Waals surface area contributed by atoms with Crippen LogP contribution in [-0.2, 0) is 10.0 Å². The van der Waals surface area contributed by atoms with Gasteiger partial charge in [-0.1, -0.05) is 6.07 Å². The van der Waals surface area contributed by atoms with Crippen LogP contribution in [0.4, 0.5) is 5.95 Å². The van der Waals surface area contributed by atoms with Crippen LogP contribution in [-0.4, -0.2) is 25.5 Å². The second-order valence-corrected chi connectivity index (χ2v) is 5.48. The highest BCUT2D eigenvalue weighted by molar-refractivity contribution is 7.89. The molecule has 1 heterocycles. The number of sulfonamides is 1. The summed E-state index contributed by atoms with van der Waals surface area (Å²) in [6, 6.07) is 9.02. The van der Waals surface area contributed by atoms with Crippen molar-refractivity contribution in [1.82, 2.24) is 14.8 Å². The molecule has 0 amide bonds. The van der Waals surface area contributed by atoms with Crippen molar-refractivity contribution in [2.24, 2.45) is 0 Å². The number of hydrogen-bond acceptors (Lipinski definition) is 7. The average Bonchev–Trinajstić information content (AvgIpc) is 2.53. The molecule has 0 fully saturated rings. The van der Waals surface area contributed by atoms with Crippen LogP contribution in [0.3, 0.4) is 0 Å². The third kappa shape index (κ3) is 3.65. The van der Waals surface area contributed by atoms with Crippen molar-refractivity contribution in [1.29, 1.82) is 5.26 Å². The summed E-state index contributed by atoms with van der Waals surface area (Å²) < 4.78 is 29.0. The van der Waals surface area contributed by atoms with Crippen LogP contribution in [0.5, 0.6) is 5.88 Å². The lowest BCUT2D eigenvalue weighted by Crippen LogP contribution is -2.30. The van der Waals surface area contributed by atoms with Crippen molar-refractivity contribution in [3.63, 3.8) is 0 Å². The zero-order chi connectivity index (χ0) is 15.3. The van der Waals surface area contributed by atoms with Crippen molar-refractivity contribution < 1.29 is 13.2 Å². The monoisotopic (exact) mass is 305 g/mol. The van der Waals surface area contributed by atoms with Crippen LogP contribution in [0.25, 0.3) is 0 Å². The molecule has 0 atom stereocenters. The Hall–Kier alpha value is -2.70. The van der Waals surface area contributed by atoms with Gasteiger partial charge in [-0.3, -0.25) is 5.43 Å². The van der Waals surface area contributed by atoms with Gasteiger partial charge >= 0.3 is 0 Å². The molecule has 0 saturated heterocycles. The molecular weight excluding hydrogens is 294 g/mol. The maximum Gasteiger partial charge on any atom is 0.257 e. The van der Waals surface area contributed by atoms with E-state index in [2.05, 4.69) is 20.2 Å². The number of nitrogens with zero attached hydrogens (tertiary/aromatic N) is 3. The van der Waals surface area contributed by atoms with Crippen LogP contribution < -0.4 is 15.0 Å². The number of nitriles is 1. The number of methoxy groups -OCH3 is 1. The molecule has 0 aliphatic carbocycles. The molecule has 0 saturated carbocycles. The highest BCUT2D eigenvalue weighted by atomic mass is 32.2. The van der Waals surface area contributed by atoms with Crippen LogP contribution in [0.1, 0.15) is 5.56 Å². The van der Waals surface area contributed by atoms with E-state index in [1.54, 1.807) is 0 Å². The molecule has 0 radical (unpaired) electrons. The second kappa shape index (κ2) is 6.17. The van der Waals surface area contributed by atoms with E-state index >= 15 is 0 Å². The fraction of sp³-hybridized carbons (Fsp3) is 0.0833. The molecule has 8 nitrogen and oxygen atoms in total. The van der Waals surface area contributed by atoms with E-state index in [1.165, 1.54) is 43.6 Å². The molecule has 21 heavy (non-hydrogen) atoms. The van der Waals surface area contributed by atoms with Gasteiger partial charge in [0.25, 0.3) is 10.0 Å². The van der Waals surface area contributed by atoms with Gasteiger partial charge in [-0.25, -0.2) is 13.4 Å². The van der Waals surface area contributed by atoms with Gasteiger partial charge in [0.15, 0.2) is 0 Å². The van der Waals surface area contributed by atoms with Gasteiger partial charge < -0.3 is 4.74 Å². The fourth-order valence-corrected chi connectivity index (χ4v) is 2.30. The minimum Gasteiger partial charge on any atom is -0.481 e. The number of aromatic nitrogens is 2. The Morgan fingerprint density at radius 1 is 1.33 bits per heavy atom. The summed E-state index contributed by atoms with van der Waals surface area (Å²) in [5, 5.41) is 8.78. The summed E-state index contributed by atoms with van der Waals surface area (Å²) in [6.07, 6.45) is 1.42. The summed E-state index contributed by atoms with van der Waals surface area (Å²) in [6.45, 7) is 0. The van der Waals surface area contributed by atoms with Crippen molar-refractivity contribution in [2.75, 3.05) is 12.5 Å². The van der Waals surface area contributed by atoms with E-state index in [1.807, 2.05) is 6.07 Å². The van der Waals surface area contributed by atoms with E-state index in [0.29, 0.717) is 0 Å². The Bertz CT molecular complexity index is 785.